The maximum absolute atomic E-state index is 11.9. The van der Waals surface area contributed by atoms with E-state index in [2.05, 4.69) is 4.99 Å². The second kappa shape index (κ2) is 5.54. The van der Waals surface area contributed by atoms with Gasteiger partial charge in [0.15, 0.2) is 5.70 Å². The molecule has 0 amide bonds. The number of nitrogens with zero attached hydrogens (tertiary/aromatic N) is 1. The van der Waals surface area contributed by atoms with Gasteiger partial charge in [-0.2, -0.15) is 0 Å². The number of benzene rings is 2. The lowest BCUT2D eigenvalue weighted by molar-refractivity contribution is -0.129. The average Bonchev–Trinajstić information content (AvgIpc) is 2.80. The SMILES string of the molecule is Cc1cccc(C=C2N=C(c3ccccc3Cl)OC2=O)c1. The number of esters is 1. The maximum atomic E-state index is 11.9. The minimum Gasteiger partial charge on any atom is -0.402 e. The zero-order chi connectivity index (χ0) is 14.8. The molecule has 0 spiro atoms. The number of rotatable bonds is 2. The fourth-order valence-corrected chi connectivity index (χ4v) is 2.29. The summed E-state index contributed by atoms with van der Waals surface area (Å²) in [6, 6.07) is 14.9. The Labute approximate surface area is 127 Å². The van der Waals surface area contributed by atoms with Gasteiger partial charge in [-0.3, -0.25) is 0 Å². The number of carbonyl (C=O) groups excluding carboxylic acids is 1. The first-order valence-corrected chi connectivity index (χ1v) is 6.85. The van der Waals surface area contributed by atoms with E-state index in [1.54, 1.807) is 18.2 Å². The van der Waals surface area contributed by atoms with E-state index in [-0.39, 0.29) is 11.6 Å². The summed E-state index contributed by atoms with van der Waals surface area (Å²) in [5.74, 6) is -0.226. The third-order valence-corrected chi connectivity index (χ3v) is 3.40. The van der Waals surface area contributed by atoms with Crippen molar-refractivity contribution in [3.63, 3.8) is 0 Å². The van der Waals surface area contributed by atoms with Gasteiger partial charge >= 0.3 is 5.97 Å². The Hall–Kier alpha value is -2.39. The van der Waals surface area contributed by atoms with Crippen molar-refractivity contribution >= 4 is 29.5 Å². The van der Waals surface area contributed by atoms with E-state index in [1.807, 2.05) is 43.3 Å². The average molecular weight is 298 g/mol. The summed E-state index contributed by atoms with van der Waals surface area (Å²) < 4.78 is 5.20. The predicted molar refractivity (Wildman–Crippen MR) is 83.2 cm³/mol. The van der Waals surface area contributed by atoms with Crippen LogP contribution in [0.15, 0.2) is 59.2 Å². The molecular formula is C17H12ClNO2. The van der Waals surface area contributed by atoms with Crippen molar-refractivity contribution in [2.45, 2.75) is 6.92 Å². The maximum Gasteiger partial charge on any atom is 0.363 e. The Morgan fingerprint density at radius 1 is 1.14 bits per heavy atom. The minimum absolute atomic E-state index is 0.240. The summed E-state index contributed by atoms with van der Waals surface area (Å²) in [5, 5.41) is 0.501. The van der Waals surface area contributed by atoms with Crippen LogP contribution in [0.3, 0.4) is 0 Å². The van der Waals surface area contributed by atoms with Crippen LogP contribution in [0.4, 0.5) is 0 Å². The Morgan fingerprint density at radius 2 is 1.95 bits per heavy atom. The molecule has 0 aliphatic carbocycles. The smallest absolute Gasteiger partial charge is 0.363 e. The second-order valence-electron chi connectivity index (χ2n) is 4.73. The molecule has 3 rings (SSSR count). The van der Waals surface area contributed by atoms with Gasteiger partial charge in [-0.05, 0) is 30.7 Å². The van der Waals surface area contributed by atoms with Crippen molar-refractivity contribution in [3.05, 3.63) is 75.9 Å². The highest BCUT2D eigenvalue weighted by molar-refractivity contribution is 6.34. The molecule has 1 aliphatic heterocycles. The van der Waals surface area contributed by atoms with E-state index in [1.165, 1.54) is 0 Å². The van der Waals surface area contributed by atoms with E-state index in [4.69, 9.17) is 16.3 Å². The quantitative estimate of drug-likeness (QED) is 0.621. The highest BCUT2D eigenvalue weighted by Crippen LogP contribution is 2.23. The van der Waals surface area contributed by atoms with Crippen LogP contribution in [0.5, 0.6) is 0 Å². The molecule has 0 N–H and O–H groups in total. The normalized spacial score (nSPS) is 16.0. The fourth-order valence-electron chi connectivity index (χ4n) is 2.08. The third-order valence-electron chi connectivity index (χ3n) is 3.07. The van der Waals surface area contributed by atoms with Gasteiger partial charge in [0.1, 0.15) is 0 Å². The Kier molecular flexibility index (Phi) is 3.59. The van der Waals surface area contributed by atoms with Crippen LogP contribution in [-0.4, -0.2) is 11.9 Å². The predicted octanol–water partition coefficient (Wildman–Crippen LogP) is 3.99. The summed E-state index contributed by atoms with van der Waals surface area (Å²) in [6.07, 6.45) is 1.71. The van der Waals surface area contributed by atoms with E-state index in [0.29, 0.717) is 10.6 Å². The molecule has 0 unspecified atom stereocenters. The molecule has 0 radical (unpaired) electrons. The number of hydrogen-bond acceptors (Lipinski definition) is 3. The van der Waals surface area contributed by atoms with Crippen molar-refractivity contribution in [2.24, 2.45) is 4.99 Å². The van der Waals surface area contributed by atoms with Crippen molar-refractivity contribution < 1.29 is 9.53 Å². The van der Waals surface area contributed by atoms with Crippen LogP contribution in [0.2, 0.25) is 5.02 Å². The zero-order valence-electron chi connectivity index (χ0n) is 11.3. The topological polar surface area (TPSA) is 38.7 Å². The van der Waals surface area contributed by atoms with Gasteiger partial charge < -0.3 is 4.74 Å². The lowest BCUT2D eigenvalue weighted by Gasteiger charge is -2.00. The summed E-state index contributed by atoms with van der Waals surface area (Å²) in [6.45, 7) is 1.99. The first-order chi connectivity index (χ1) is 10.1. The van der Waals surface area contributed by atoms with Crippen molar-refractivity contribution in [3.8, 4) is 0 Å². The first kappa shape index (κ1) is 13.6. The molecule has 104 valence electrons. The molecule has 4 heteroatoms. The van der Waals surface area contributed by atoms with E-state index < -0.39 is 5.97 Å². The molecule has 0 bridgehead atoms. The third kappa shape index (κ3) is 2.88. The molecule has 1 heterocycles. The Morgan fingerprint density at radius 3 is 2.71 bits per heavy atom. The van der Waals surface area contributed by atoms with Gasteiger partial charge in [-0.1, -0.05) is 53.6 Å². The lowest BCUT2D eigenvalue weighted by Crippen LogP contribution is -2.05. The highest BCUT2D eigenvalue weighted by Gasteiger charge is 2.25. The fraction of sp³-hybridized carbons (Fsp3) is 0.0588. The van der Waals surface area contributed by atoms with E-state index in [9.17, 15) is 4.79 Å². The Balaban J connectivity index is 1.98. The molecule has 0 fully saturated rings. The van der Waals surface area contributed by atoms with Crippen molar-refractivity contribution in [1.82, 2.24) is 0 Å². The first-order valence-electron chi connectivity index (χ1n) is 6.47. The van der Waals surface area contributed by atoms with Crippen molar-refractivity contribution in [2.75, 3.05) is 0 Å². The zero-order valence-corrected chi connectivity index (χ0v) is 12.1. The number of aryl methyl sites for hydroxylation is 1. The summed E-state index contributed by atoms with van der Waals surface area (Å²) in [5.41, 5.74) is 2.91. The van der Waals surface area contributed by atoms with E-state index in [0.717, 1.165) is 11.1 Å². The second-order valence-corrected chi connectivity index (χ2v) is 5.14. The van der Waals surface area contributed by atoms with Crippen LogP contribution in [-0.2, 0) is 9.53 Å². The number of ether oxygens (including phenoxy) is 1. The number of cyclic esters (lactones) is 1. The number of halogens is 1. The summed E-state index contributed by atoms with van der Waals surface area (Å²) in [7, 11) is 0. The number of carbonyl (C=O) groups is 1. The van der Waals surface area contributed by atoms with Crippen LogP contribution in [0.1, 0.15) is 16.7 Å². The molecule has 0 saturated carbocycles. The summed E-state index contributed by atoms with van der Waals surface area (Å²) >= 11 is 6.09. The van der Waals surface area contributed by atoms with E-state index >= 15 is 0 Å². The van der Waals surface area contributed by atoms with Crippen molar-refractivity contribution in [1.29, 1.82) is 0 Å². The molecule has 21 heavy (non-hydrogen) atoms. The molecule has 1 aliphatic rings. The largest absolute Gasteiger partial charge is 0.402 e. The van der Waals surface area contributed by atoms with Gasteiger partial charge in [-0.15, -0.1) is 0 Å². The molecule has 2 aromatic rings. The minimum atomic E-state index is -0.466. The van der Waals surface area contributed by atoms with Gasteiger partial charge in [0.25, 0.3) is 0 Å². The van der Waals surface area contributed by atoms with Crippen LogP contribution in [0, 0.1) is 6.92 Å². The molecule has 0 saturated heterocycles. The van der Waals surface area contributed by atoms with Crippen LogP contribution >= 0.6 is 11.6 Å². The summed E-state index contributed by atoms with van der Waals surface area (Å²) in [4.78, 5) is 16.2. The van der Waals surface area contributed by atoms with Gasteiger partial charge in [0.05, 0.1) is 10.6 Å². The Bertz CT molecular complexity index is 778. The van der Waals surface area contributed by atoms with Crippen LogP contribution < -0.4 is 0 Å². The number of aliphatic imine (C=N–C) groups is 1. The molecular weight excluding hydrogens is 286 g/mol. The standard InChI is InChI=1S/C17H12ClNO2/c1-11-5-4-6-12(9-11)10-15-17(20)21-16(19-15)13-7-2-3-8-14(13)18/h2-10H,1H3. The van der Waals surface area contributed by atoms with Gasteiger partial charge in [0, 0.05) is 0 Å². The highest BCUT2D eigenvalue weighted by atomic mass is 35.5. The molecule has 3 nitrogen and oxygen atoms in total. The monoisotopic (exact) mass is 297 g/mol. The molecule has 2 aromatic carbocycles. The lowest BCUT2D eigenvalue weighted by atomic mass is 10.1. The molecule has 0 aromatic heterocycles. The number of hydrogen-bond donors (Lipinski definition) is 0. The van der Waals surface area contributed by atoms with Crippen LogP contribution in [0.25, 0.3) is 6.08 Å². The van der Waals surface area contributed by atoms with Gasteiger partial charge in [0.2, 0.25) is 5.90 Å². The van der Waals surface area contributed by atoms with Gasteiger partial charge in [-0.25, -0.2) is 9.79 Å². The molecule has 0 atom stereocenters.